The molecule has 34 heavy (non-hydrogen) atoms. The Labute approximate surface area is 205 Å². The van der Waals surface area contributed by atoms with E-state index in [1.54, 1.807) is 0 Å². The van der Waals surface area contributed by atoms with E-state index in [1.807, 2.05) is 13.8 Å². The Balaban J connectivity index is 1.75. The van der Waals surface area contributed by atoms with Crippen LogP contribution in [0.25, 0.3) is 0 Å². The van der Waals surface area contributed by atoms with E-state index in [-0.39, 0.29) is 39.8 Å². The molecule has 0 saturated heterocycles. The van der Waals surface area contributed by atoms with E-state index in [2.05, 4.69) is 40.7 Å². The Morgan fingerprint density at radius 3 is 2.35 bits per heavy atom. The van der Waals surface area contributed by atoms with Crippen molar-refractivity contribution >= 4 is 17.5 Å². The van der Waals surface area contributed by atoms with Crippen molar-refractivity contribution in [2.24, 2.45) is 39.4 Å². The van der Waals surface area contributed by atoms with Gasteiger partial charge in [-0.25, -0.2) is 0 Å². The number of carbonyl (C=O) groups excluding carboxylic acids is 2. The Morgan fingerprint density at radius 1 is 1.06 bits per heavy atom. The minimum atomic E-state index is -0.688. The number of carboxylic acid groups (broad SMARTS) is 1. The molecular formula is C30H44O4. The summed E-state index contributed by atoms with van der Waals surface area (Å²) in [5, 5.41) is 10.2. The molecular weight excluding hydrogens is 424 g/mol. The van der Waals surface area contributed by atoms with Crippen molar-refractivity contribution in [2.45, 2.75) is 106 Å². The third-order valence-corrected chi connectivity index (χ3v) is 11.2. The van der Waals surface area contributed by atoms with Crippen LogP contribution in [0.3, 0.4) is 0 Å². The number of hydrogen-bond acceptors (Lipinski definition) is 3. The van der Waals surface area contributed by atoms with Gasteiger partial charge in [-0.2, -0.15) is 0 Å². The number of allylic oxidation sites excluding steroid dienone is 4. The summed E-state index contributed by atoms with van der Waals surface area (Å²) in [6.45, 7) is 15.0. The highest BCUT2D eigenvalue weighted by atomic mass is 16.4. The van der Waals surface area contributed by atoms with Crippen LogP contribution in [0.4, 0.5) is 0 Å². The van der Waals surface area contributed by atoms with Crippen LogP contribution in [-0.2, 0) is 14.4 Å². The number of carboxylic acids is 1. The van der Waals surface area contributed by atoms with E-state index in [0.717, 1.165) is 44.1 Å². The molecule has 0 aromatic carbocycles. The van der Waals surface area contributed by atoms with Crippen molar-refractivity contribution < 1.29 is 19.5 Å². The molecule has 2 saturated carbocycles. The monoisotopic (exact) mass is 468 g/mol. The minimum Gasteiger partial charge on any atom is -0.481 e. The molecule has 4 nitrogen and oxygen atoms in total. The van der Waals surface area contributed by atoms with Crippen LogP contribution >= 0.6 is 0 Å². The van der Waals surface area contributed by atoms with E-state index in [4.69, 9.17) is 0 Å². The number of ketones is 2. The molecule has 0 spiro atoms. The molecule has 0 amide bonds. The number of aliphatic carboxylic acids is 1. The second-order valence-corrected chi connectivity index (χ2v) is 13.3. The molecule has 4 heteroatoms. The summed E-state index contributed by atoms with van der Waals surface area (Å²) in [7, 11) is 0. The maximum absolute atomic E-state index is 13.9. The number of fused-ring (bicyclic) bond motifs is 4. The number of hydrogen-bond donors (Lipinski definition) is 1. The molecule has 0 aliphatic heterocycles. The lowest BCUT2D eigenvalue weighted by atomic mass is 9.43. The first-order valence-electron chi connectivity index (χ1n) is 13.4. The third kappa shape index (κ3) is 3.41. The molecule has 6 atom stereocenters. The van der Waals surface area contributed by atoms with Gasteiger partial charge < -0.3 is 5.11 Å². The van der Waals surface area contributed by atoms with Gasteiger partial charge in [0.25, 0.3) is 0 Å². The fourth-order valence-corrected chi connectivity index (χ4v) is 8.90. The Bertz CT molecular complexity index is 980. The van der Waals surface area contributed by atoms with E-state index >= 15 is 0 Å². The van der Waals surface area contributed by atoms with Gasteiger partial charge in [0.2, 0.25) is 0 Å². The molecule has 0 bridgehead atoms. The molecule has 4 aliphatic carbocycles. The minimum absolute atomic E-state index is 0.0634. The zero-order valence-electron chi connectivity index (χ0n) is 22.3. The summed E-state index contributed by atoms with van der Waals surface area (Å²) in [4.78, 5) is 39.1. The molecule has 188 valence electrons. The molecule has 0 aromatic heterocycles. The highest BCUT2D eigenvalue weighted by molar-refractivity contribution is 6.00. The fourth-order valence-electron chi connectivity index (χ4n) is 8.90. The maximum Gasteiger partial charge on any atom is 0.306 e. The highest BCUT2D eigenvalue weighted by Gasteiger charge is 2.66. The average Bonchev–Trinajstić information content (AvgIpc) is 3.01. The molecule has 0 heterocycles. The zero-order valence-corrected chi connectivity index (χ0v) is 22.3. The van der Waals surface area contributed by atoms with Crippen molar-refractivity contribution in [3.8, 4) is 0 Å². The Hall–Kier alpha value is -1.71. The van der Waals surface area contributed by atoms with Crippen LogP contribution in [0.2, 0.25) is 0 Å². The third-order valence-electron chi connectivity index (χ3n) is 11.2. The normalized spacial score (nSPS) is 39.7. The smallest absolute Gasteiger partial charge is 0.306 e. The molecule has 1 N–H and O–H groups in total. The lowest BCUT2D eigenvalue weighted by Gasteiger charge is -2.60. The van der Waals surface area contributed by atoms with Gasteiger partial charge in [0, 0.05) is 29.2 Å². The van der Waals surface area contributed by atoms with Crippen LogP contribution in [0.15, 0.2) is 22.8 Å². The largest absolute Gasteiger partial charge is 0.481 e. The average molecular weight is 469 g/mol. The van der Waals surface area contributed by atoms with Gasteiger partial charge in [0.15, 0.2) is 5.78 Å². The first kappa shape index (κ1) is 25.4. The van der Waals surface area contributed by atoms with E-state index in [1.165, 1.54) is 11.1 Å². The van der Waals surface area contributed by atoms with Crippen molar-refractivity contribution in [3.63, 3.8) is 0 Å². The SMILES string of the molecule is CC(C)=CCC[C@H](C(=O)O)[C@@H]1CC[C@]2(C)C3=C(CC[C@]12C)[C@]1(C)CCC(=O)C(C)(C)[C@@H]1CC3=O. The first-order chi connectivity index (χ1) is 15.7. The highest BCUT2D eigenvalue weighted by Crippen LogP contribution is 2.71. The number of rotatable bonds is 5. The van der Waals surface area contributed by atoms with Crippen molar-refractivity contribution in [3.05, 3.63) is 22.8 Å². The van der Waals surface area contributed by atoms with Crippen molar-refractivity contribution in [1.29, 1.82) is 0 Å². The van der Waals surface area contributed by atoms with Crippen LogP contribution < -0.4 is 0 Å². The molecule has 0 aromatic rings. The molecule has 4 rings (SSSR count). The lowest BCUT2D eigenvalue weighted by molar-refractivity contribution is -0.147. The molecule has 0 unspecified atom stereocenters. The van der Waals surface area contributed by atoms with Crippen LogP contribution in [-0.4, -0.2) is 22.6 Å². The topological polar surface area (TPSA) is 71.4 Å². The Kier molecular flexibility index (Phi) is 6.10. The van der Waals surface area contributed by atoms with E-state index in [0.29, 0.717) is 25.0 Å². The summed E-state index contributed by atoms with van der Waals surface area (Å²) in [6.07, 6.45) is 9.02. The maximum atomic E-state index is 13.9. The quantitative estimate of drug-likeness (QED) is 0.444. The summed E-state index contributed by atoms with van der Waals surface area (Å²) in [5.74, 6) is -0.401. The van der Waals surface area contributed by atoms with Gasteiger partial charge in [0.05, 0.1) is 5.92 Å². The molecule has 2 fully saturated rings. The molecule has 0 radical (unpaired) electrons. The summed E-state index contributed by atoms with van der Waals surface area (Å²) in [5.41, 5.74) is 2.50. The number of carbonyl (C=O) groups is 3. The zero-order chi connectivity index (χ0) is 25.3. The van der Waals surface area contributed by atoms with E-state index in [9.17, 15) is 19.5 Å². The molecule has 4 aliphatic rings. The van der Waals surface area contributed by atoms with Crippen LogP contribution in [0.1, 0.15) is 106 Å². The fraction of sp³-hybridized carbons (Fsp3) is 0.767. The predicted octanol–water partition coefficient (Wildman–Crippen LogP) is 6.93. The van der Waals surface area contributed by atoms with Crippen LogP contribution in [0, 0.1) is 39.4 Å². The van der Waals surface area contributed by atoms with Gasteiger partial charge in [-0.15, -0.1) is 0 Å². The van der Waals surface area contributed by atoms with Gasteiger partial charge in [-0.05, 0) is 81.5 Å². The van der Waals surface area contributed by atoms with Crippen molar-refractivity contribution in [1.82, 2.24) is 0 Å². The van der Waals surface area contributed by atoms with Gasteiger partial charge in [-0.3, -0.25) is 14.4 Å². The van der Waals surface area contributed by atoms with E-state index < -0.39 is 11.4 Å². The predicted molar refractivity (Wildman–Crippen MR) is 134 cm³/mol. The Morgan fingerprint density at radius 2 is 1.74 bits per heavy atom. The summed E-state index contributed by atoms with van der Waals surface area (Å²) >= 11 is 0. The number of Topliss-reactive ketones (excluding diaryl/α,β-unsaturated/α-hetero) is 2. The van der Waals surface area contributed by atoms with Gasteiger partial charge in [-0.1, -0.05) is 51.8 Å². The van der Waals surface area contributed by atoms with Gasteiger partial charge in [0.1, 0.15) is 5.78 Å². The second kappa shape index (κ2) is 8.17. The van der Waals surface area contributed by atoms with Crippen molar-refractivity contribution in [2.75, 3.05) is 0 Å². The second-order valence-electron chi connectivity index (χ2n) is 13.3. The summed E-state index contributed by atoms with van der Waals surface area (Å²) < 4.78 is 0. The van der Waals surface area contributed by atoms with Gasteiger partial charge >= 0.3 is 5.97 Å². The van der Waals surface area contributed by atoms with Crippen LogP contribution in [0.5, 0.6) is 0 Å². The summed E-state index contributed by atoms with van der Waals surface area (Å²) in [6, 6.07) is 0. The first-order valence-corrected chi connectivity index (χ1v) is 13.4. The lowest BCUT2D eigenvalue weighted by Crippen LogP contribution is -2.56. The standard InChI is InChI=1S/C30H44O4/c1-18(2)9-8-10-19(26(33)34)20-11-16-30(7)25-21(12-15-29(20,30)6)28(5)14-13-24(32)27(3,4)23(28)17-22(25)31/h9,19-20,23H,8,10-17H2,1-7H3,(H,33,34)/t19-,20-,23-,28-,29+,30+/m0/s1.